The van der Waals surface area contributed by atoms with E-state index in [1.54, 1.807) is 42.5 Å². The van der Waals surface area contributed by atoms with E-state index in [0.717, 1.165) is 0 Å². The Morgan fingerprint density at radius 3 is 2.56 bits per heavy atom. The Kier molecular flexibility index (Phi) is 7.55. The Hall–Kier alpha value is -1.76. The van der Waals surface area contributed by atoms with E-state index in [9.17, 15) is 9.59 Å². The Bertz CT molecular complexity index is 771. The Morgan fingerprint density at radius 2 is 1.84 bits per heavy atom. The van der Waals surface area contributed by atoms with Gasteiger partial charge in [-0.3, -0.25) is 20.4 Å². The van der Waals surface area contributed by atoms with Crippen molar-refractivity contribution in [3.63, 3.8) is 0 Å². The predicted octanol–water partition coefficient (Wildman–Crippen LogP) is 4.38. The van der Waals surface area contributed by atoms with E-state index in [1.165, 1.54) is 0 Å². The van der Waals surface area contributed by atoms with Crippen LogP contribution in [0.2, 0.25) is 10.0 Å². The fourth-order valence-electron chi connectivity index (χ4n) is 1.91. The fourth-order valence-corrected chi connectivity index (χ4v) is 2.84. The molecule has 0 spiro atoms. The maximum atomic E-state index is 11.9. The maximum Gasteiger partial charge on any atom is 0.270 e. The summed E-state index contributed by atoms with van der Waals surface area (Å²) in [6, 6.07) is 11.9. The normalized spacial score (nSPS) is 10.2. The molecule has 0 bridgehead atoms. The second kappa shape index (κ2) is 9.65. The second-order valence-corrected chi connectivity index (χ2v) is 6.71. The van der Waals surface area contributed by atoms with Crippen molar-refractivity contribution in [3.05, 3.63) is 62.5 Å². The van der Waals surface area contributed by atoms with E-state index in [1.807, 2.05) is 0 Å². The zero-order chi connectivity index (χ0) is 18.2. The lowest BCUT2D eigenvalue weighted by Crippen LogP contribution is -2.41. The molecule has 0 saturated heterocycles. The molecule has 0 aliphatic carbocycles. The number of nitrogens with one attached hydrogen (secondary N) is 2. The zero-order valence-electron chi connectivity index (χ0n) is 13.0. The van der Waals surface area contributed by atoms with E-state index in [0.29, 0.717) is 38.9 Å². The molecule has 0 aliphatic heterocycles. The summed E-state index contributed by atoms with van der Waals surface area (Å²) in [5.41, 5.74) is 5.17. The number of benzene rings is 2. The van der Waals surface area contributed by atoms with E-state index in [-0.39, 0.29) is 12.3 Å². The van der Waals surface area contributed by atoms with Gasteiger partial charge >= 0.3 is 0 Å². The van der Waals surface area contributed by atoms with Crippen molar-refractivity contribution < 1.29 is 14.3 Å². The van der Waals surface area contributed by atoms with E-state index in [2.05, 4.69) is 26.8 Å². The minimum atomic E-state index is -0.398. The van der Waals surface area contributed by atoms with Crippen LogP contribution in [0.15, 0.2) is 46.9 Å². The van der Waals surface area contributed by atoms with Crippen LogP contribution in [0.3, 0.4) is 0 Å². The lowest BCUT2D eigenvalue weighted by molar-refractivity contribution is -0.122. The van der Waals surface area contributed by atoms with Gasteiger partial charge in [0.1, 0.15) is 5.75 Å². The summed E-state index contributed by atoms with van der Waals surface area (Å²) < 4.78 is 6.14. The molecule has 0 aromatic heterocycles. The number of hydrogen-bond acceptors (Lipinski definition) is 3. The highest BCUT2D eigenvalue weighted by atomic mass is 79.9. The molecule has 2 aromatic rings. The monoisotopic (exact) mass is 444 g/mol. The van der Waals surface area contributed by atoms with Crippen LogP contribution in [0.5, 0.6) is 5.75 Å². The third-order valence-corrected chi connectivity index (χ3v) is 4.36. The number of hydrogen-bond donors (Lipinski definition) is 2. The highest BCUT2D eigenvalue weighted by Gasteiger charge is 2.10. The number of rotatable bonds is 6. The van der Waals surface area contributed by atoms with Crippen LogP contribution in [-0.2, 0) is 4.79 Å². The lowest BCUT2D eigenvalue weighted by Gasteiger charge is -2.10. The Balaban J connectivity index is 1.69. The summed E-state index contributed by atoms with van der Waals surface area (Å²) in [6.07, 6.45) is 0.664. The van der Waals surface area contributed by atoms with Gasteiger partial charge in [-0.1, -0.05) is 35.3 Å². The summed E-state index contributed by atoms with van der Waals surface area (Å²) in [4.78, 5) is 23.7. The second-order valence-electron chi connectivity index (χ2n) is 5.01. The molecule has 0 saturated carbocycles. The van der Waals surface area contributed by atoms with Crippen molar-refractivity contribution >= 4 is 50.9 Å². The van der Waals surface area contributed by atoms with Crippen LogP contribution in [-0.4, -0.2) is 18.4 Å². The number of amides is 2. The van der Waals surface area contributed by atoms with Crippen LogP contribution in [0.4, 0.5) is 0 Å². The SMILES string of the molecule is O=C(CCCOc1ccc(Cl)cc1Cl)NNC(=O)c1ccccc1Br. The van der Waals surface area contributed by atoms with Crippen molar-refractivity contribution in [3.8, 4) is 5.75 Å². The van der Waals surface area contributed by atoms with Gasteiger partial charge in [-0.2, -0.15) is 0 Å². The molecule has 2 aromatic carbocycles. The fraction of sp³-hybridized carbons (Fsp3) is 0.176. The minimum Gasteiger partial charge on any atom is -0.492 e. The van der Waals surface area contributed by atoms with Crippen molar-refractivity contribution in [2.75, 3.05) is 6.61 Å². The molecule has 8 heteroatoms. The van der Waals surface area contributed by atoms with Crippen LogP contribution in [0.25, 0.3) is 0 Å². The summed E-state index contributed by atoms with van der Waals surface area (Å²) in [5.74, 6) is -0.204. The molecule has 25 heavy (non-hydrogen) atoms. The van der Waals surface area contributed by atoms with Crippen molar-refractivity contribution in [1.29, 1.82) is 0 Å². The first-order chi connectivity index (χ1) is 12.0. The molecule has 0 radical (unpaired) electrons. The molecule has 0 unspecified atom stereocenters. The van der Waals surface area contributed by atoms with Crippen LogP contribution in [0.1, 0.15) is 23.2 Å². The van der Waals surface area contributed by atoms with Gasteiger partial charge in [0, 0.05) is 15.9 Å². The molecule has 0 atom stereocenters. The maximum absolute atomic E-state index is 11.9. The summed E-state index contributed by atoms with van der Waals surface area (Å²) in [7, 11) is 0. The smallest absolute Gasteiger partial charge is 0.270 e. The van der Waals surface area contributed by atoms with Crippen molar-refractivity contribution in [1.82, 2.24) is 10.9 Å². The molecular weight excluding hydrogens is 431 g/mol. The summed E-state index contributed by atoms with van der Waals surface area (Å²) in [5, 5.41) is 0.940. The van der Waals surface area contributed by atoms with Crippen LogP contribution >= 0.6 is 39.1 Å². The molecule has 0 aliphatic rings. The van der Waals surface area contributed by atoms with Gasteiger partial charge < -0.3 is 4.74 Å². The molecule has 0 fully saturated rings. The van der Waals surface area contributed by atoms with Crippen LogP contribution in [0, 0.1) is 0 Å². The summed E-state index contributed by atoms with van der Waals surface area (Å²) in [6.45, 7) is 0.312. The number of ether oxygens (including phenoxy) is 1. The highest BCUT2D eigenvalue weighted by molar-refractivity contribution is 9.10. The van der Waals surface area contributed by atoms with Crippen LogP contribution < -0.4 is 15.6 Å². The zero-order valence-corrected chi connectivity index (χ0v) is 16.1. The third kappa shape index (κ3) is 6.23. The first-order valence-corrected chi connectivity index (χ1v) is 8.94. The van der Waals surface area contributed by atoms with E-state index < -0.39 is 5.91 Å². The average Bonchev–Trinajstić information content (AvgIpc) is 2.58. The van der Waals surface area contributed by atoms with E-state index in [4.69, 9.17) is 27.9 Å². The first-order valence-electron chi connectivity index (χ1n) is 7.39. The number of halogens is 3. The molecule has 132 valence electrons. The van der Waals surface area contributed by atoms with Gasteiger partial charge in [0.2, 0.25) is 5.91 Å². The van der Waals surface area contributed by atoms with Gasteiger partial charge in [0.15, 0.2) is 0 Å². The molecule has 2 N–H and O–H groups in total. The number of hydrazine groups is 1. The number of carbonyl (C=O) groups is 2. The molecule has 2 amide bonds. The van der Waals surface area contributed by atoms with Gasteiger partial charge in [-0.15, -0.1) is 0 Å². The molecule has 2 rings (SSSR count). The molecular formula is C17H15BrCl2N2O3. The van der Waals surface area contributed by atoms with Gasteiger partial charge in [-0.05, 0) is 52.7 Å². The summed E-state index contributed by atoms with van der Waals surface area (Å²) >= 11 is 15.1. The van der Waals surface area contributed by atoms with E-state index >= 15 is 0 Å². The van der Waals surface area contributed by atoms with Gasteiger partial charge in [-0.25, -0.2) is 0 Å². The minimum absolute atomic E-state index is 0.196. The highest BCUT2D eigenvalue weighted by Crippen LogP contribution is 2.27. The van der Waals surface area contributed by atoms with Gasteiger partial charge in [0.05, 0.1) is 17.2 Å². The first kappa shape index (κ1) is 19.6. The predicted molar refractivity (Wildman–Crippen MR) is 101 cm³/mol. The standard InChI is InChI=1S/C17H15BrCl2N2O3/c18-13-5-2-1-4-12(13)17(24)22-21-16(23)6-3-9-25-15-8-7-11(19)10-14(15)20/h1-2,4-5,7-8,10H,3,6,9H2,(H,21,23)(H,22,24). The largest absolute Gasteiger partial charge is 0.492 e. The average molecular weight is 446 g/mol. The van der Waals surface area contributed by atoms with Crippen molar-refractivity contribution in [2.24, 2.45) is 0 Å². The quantitative estimate of drug-likeness (QED) is 0.512. The Labute approximate surface area is 163 Å². The lowest BCUT2D eigenvalue weighted by atomic mass is 10.2. The van der Waals surface area contributed by atoms with Gasteiger partial charge in [0.25, 0.3) is 5.91 Å². The molecule has 5 nitrogen and oxygen atoms in total. The topological polar surface area (TPSA) is 67.4 Å². The molecule has 0 heterocycles. The van der Waals surface area contributed by atoms with Crippen molar-refractivity contribution in [2.45, 2.75) is 12.8 Å². The number of carbonyl (C=O) groups excluding carboxylic acids is 2. The Morgan fingerprint density at radius 1 is 1.08 bits per heavy atom. The third-order valence-electron chi connectivity index (χ3n) is 3.13.